The zero-order chi connectivity index (χ0) is 38.7. The zero-order valence-corrected chi connectivity index (χ0v) is 35.2. The fourth-order valence-corrected chi connectivity index (χ4v) is 13.5. The highest BCUT2D eigenvalue weighted by Crippen LogP contribution is 2.65. The minimum atomic E-state index is -0.0376. The molecular weight excluding hydrogens is 677 g/mol. The van der Waals surface area contributed by atoms with Crippen LogP contribution in [-0.2, 0) is 16.2 Å². The van der Waals surface area contributed by atoms with Crippen LogP contribution in [-0.4, -0.2) is 17.8 Å². The number of anilines is 7. The van der Waals surface area contributed by atoms with Crippen LogP contribution in [0.2, 0.25) is 0 Å². The number of hydrogen-bond acceptors (Lipinski definition) is 3. The maximum absolute atomic E-state index is 2.93. The second-order valence-electron chi connectivity index (χ2n) is 20.5. The van der Waals surface area contributed by atoms with Crippen molar-refractivity contribution in [3.05, 3.63) is 119 Å². The molecule has 0 N–H and O–H groups in total. The summed E-state index contributed by atoms with van der Waals surface area (Å²) in [5.41, 5.74) is 21.5. The van der Waals surface area contributed by atoms with Gasteiger partial charge in [0.1, 0.15) is 0 Å². The zero-order valence-electron chi connectivity index (χ0n) is 35.2. The van der Waals surface area contributed by atoms with Crippen molar-refractivity contribution in [2.45, 2.75) is 141 Å². The average molecular weight is 736 g/mol. The summed E-state index contributed by atoms with van der Waals surface area (Å²) in [6, 6.07) is 36.1. The van der Waals surface area contributed by atoms with E-state index in [1.165, 1.54) is 124 Å². The van der Waals surface area contributed by atoms with Crippen LogP contribution in [0, 0.1) is 13.8 Å². The van der Waals surface area contributed by atoms with Gasteiger partial charge >= 0.3 is 0 Å². The first-order chi connectivity index (χ1) is 26.7. The third-order valence-electron chi connectivity index (χ3n) is 16.6. The second-order valence-corrected chi connectivity index (χ2v) is 20.5. The van der Waals surface area contributed by atoms with Crippen molar-refractivity contribution in [3.8, 4) is 0 Å². The Morgan fingerprint density at radius 1 is 0.571 bits per heavy atom. The summed E-state index contributed by atoms with van der Waals surface area (Å²) in [7, 11) is 0. The van der Waals surface area contributed by atoms with Crippen LogP contribution in [0.3, 0.4) is 0 Å². The lowest BCUT2D eigenvalue weighted by Crippen LogP contribution is -2.64. The van der Waals surface area contributed by atoms with Gasteiger partial charge in [0.25, 0.3) is 6.71 Å². The molecule has 0 radical (unpaired) electrons. The SMILES string of the molecule is Cc1cc(C)c2c(c1)N(c1cc3c4c(c1)N1c5c(cc(C(C)(C)C)cc5C5(C)CCCCC15C)B4c1ccccc1N3c1ccccc1)C1(C)CCCCC21C. The highest BCUT2D eigenvalue weighted by molar-refractivity contribution is 7.00. The average Bonchev–Trinajstić information content (AvgIpc) is 3.51. The molecule has 56 heavy (non-hydrogen) atoms. The van der Waals surface area contributed by atoms with Crippen molar-refractivity contribution in [2.75, 3.05) is 14.7 Å². The molecule has 0 saturated heterocycles. The van der Waals surface area contributed by atoms with Gasteiger partial charge in [0.05, 0.1) is 11.1 Å². The smallest absolute Gasteiger partial charge is 0.252 e. The number of aryl methyl sites for hydroxylation is 2. The highest BCUT2D eigenvalue weighted by atomic mass is 15.3. The lowest BCUT2D eigenvalue weighted by molar-refractivity contribution is 0.193. The first-order valence-corrected chi connectivity index (χ1v) is 21.7. The first-order valence-electron chi connectivity index (χ1n) is 21.7. The van der Waals surface area contributed by atoms with E-state index in [1.807, 2.05) is 0 Å². The van der Waals surface area contributed by atoms with Gasteiger partial charge in [0.15, 0.2) is 0 Å². The summed E-state index contributed by atoms with van der Waals surface area (Å²) >= 11 is 0. The van der Waals surface area contributed by atoms with E-state index in [1.54, 1.807) is 11.1 Å². The summed E-state index contributed by atoms with van der Waals surface area (Å²) in [4.78, 5) is 8.40. The molecule has 0 aromatic heterocycles. The minimum absolute atomic E-state index is 0.0374. The Bertz CT molecular complexity index is 2500. The molecule has 4 unspecified atom stereocenters. The molecule has 4 aliphatic heterocycles. The Morgan fingerprint density at radius 3 is 1.95 bits per heavy atom. The third kappa shape index (κ3) is 4.11. The fourth-order valence-electron chi connectivity index (χ4n) is 13.5. The van der Waals surface area contributed by atoms with E-state index in [0.29, 0.717) is 0 Å². The molecule has 4 heteroatoms. The van der Waals surface area contributed by atoms with Gasteiger partial charge in [0.2, 0.25) is 0 Å². The molecule has 5 aromatic carbocycles. The van der Waals surface area contributed by atoms with Crippen LogP contribution in [0.1, 0.15) is 128 Å². The predicted molar refractivity (Wildman–Crippen MR) is 240 cm³/mol. The normalized spacial score (nSPS) is 28.0. The molecule has 4 atom stereocenters. The Balaban J connectivity index is 1.28. The standard InChI is InChI=1S/C52H58BN3/c1-33-27-34(2)45-42(28-33)55(52(9)26-18-16-24-50(45,52)7)37-31-43-46-44(32-37)56-47-38(49(6)23-15-17-25-51(49,56)8)29-35(48(3,4)5)30-40(47)53(46)39-21-13-14-22-41(39)54(43)36-19-11-10-12-20-36/h10-14,19-22,27-32H,15-18,23-26H2,1-9H3. The van der Waals surface area contributed by atoms with Gasteiger partial charge in [-0.15, -0.1) is 0 Å². The Hall–Kier alpha value is -4.44. The van der Waals surface area contributed by atoms with Crippen LogP contribution < -0.4 is 31.1 Å². The lowest BCUT2D eigenvalue weighted by atomic mass is 9.33. The predicted octanol–water partition coefficient (Wildman–Crippen LogP) is 11.7. The molecular formula is C52H58BN3. The molecule has 0 bridgehead atoms. The van der Waals surface area contributed by atoms with E-state index in [9.17, 15) is 0 Å². The minimum Gasteiger partial charge on any atom is -0.335 e. The summed E-state index contributed by atoms with van der Waals surface area (Å²) < 4.78 is 0. The molecule has 0 spiro atoms. The molecule has 5 aromatic rings. The largest absolute Gasteiger partial charge is 0.335 e. The Labute approximate surface area is 336 Å². The van der Waals surface area contributed by atoms with Crippen molar-refractivity contribution >= 4 is 62.9 Å². The van der Waals surface area contributed by atoms with Crippen molar-refractivity contribution in [2.24, 2.45) is 0 Å². The van der Waals surface area contributed by atoms with Crippen molar-refractivity contribution in [1.29, 1.82) is 0 Å². The summed E-state index contributed by atoms with van der Waals surface area (Å²) in [6.45, 7) is 22.5. The number of para-hydroxylation sites is 2. The highest BCUT2D eigenvalue weighted by Gasteiger charge is 2.63. The van der Waals surface area contributed by atoms with E-state index in [-0.39, 0.29) is 34.0 Å². The van der Waals surface area contributed by atoms with Gasteiger partial charge < -0.3 is 14.7 Å². The van der Waals surface area contributed by atoms with E-state index in [4.69, 9.17) is 0 Å². The number of benzene rings is 5. The Morgan fingerprint density at radius 2 is 1.21 bits per heavy atom. The molecule has 284 valence electrons. The summed E-state index contributed by atoms with van der Waals surface area (Å²) in [5.74, 6) is 0. The van der Waals surface area contributed by atoms with E-state index < -0.39 is 0 Å². The van der Waals surface area contributed by atoms with Crippen LogP contribution in [0.15, 0.2) is 91.0 Å². The van der Waals surface area contributed by atoms with Crippen LogP contribution >= 0.6 is 0 Å². The molecule has 2 saturated carbocycles. The van der Waals surface area contributed by atoms with Gasteiger partial charge in [-0.05, 0) is 139 Å². The fraction of sp³-hybridized carbons (Fsp3) is 0.423. The van der Waals surface area contributed by atoms with Gasteiger partial charge in [-0.2, -0.15) is 0 Å². The monoisotopic (exact) mass is 735 g/mol. The third-order valence-corrected chi connectivity index (χ3v) is 16.6. The first kappa shape index (κ1) is 34.8. The Kier molecular flexibility index (Phi) is 6.92. The van der Waals surface area contributed by atoms with Crippen molar-refractivity contribution < 1.29 is 0 Å². The summed E-state index contributed by atoms with van der Waals surface area (Å²) in [6.07, 6.45) is 9.99. The van der Waals surface area contributed by atoms with Crippen LogP contribution in [0.25, 0.3) is 0 Å². The van der Waals surface area contributed by atoms with Crippen molar-refractivity contribution in [1.82, 2.24) is 0 Å². The maximum atomic E-state index is 2.93. The molecule has 0 amide bonds. The molecule has 11 rings (SSSR count). The van der Waals surface area contributed by atoms with Crippen LogP contribution in [0.4, 0.5) is 39.8 Å². The molecule has 6 aliphatic rings. The summed E-state index contributed by atoms with van der Waals surface area (Å²) in [5, 5.41) is 0. The van der Waals surface area contributed by atoms with Crippen LogP contribution in [0.5, 0.6) is 0 Å². The second kappa shape index (κ2) is 11.1. The number of fused-ring (bicyclic) bond motifs is 10. The van der Waals surface area contributed by atoms with Gasteiger partial charge in [-0.25, -0.2) is 0 Å². The molecule has 4 heterocycles. The van der Waals surface area contributed by atoms with Gasteiger partial charge in [0, 0.05) is 50.6 Å². The molecule has 2 fully saturated rings. The van der Waals surface area contributed by atoms with E-state index in [0.717, 1.165) is 0 Å². The topological polar surface area (TPSA) is 9.72 Å². The lowest BCUT2D eigenvalue weighted by Gasteiger charge is -2.53. The molecule has 2 aliphatic carbocycles. The van der Waals surface area contributed by atoms with Gasteiger partial charge in [-0.3, -0.25) is 0 Å². The number of rotatable bonds is 2. The van der Waals surface area contributed by atoms with E-state index in [2.05, 4.69) is 168 Å². The quantitative estimate of drug-likeness (QED) is 0.164. The van der Waals surface area contributed by atoms with E-state index >= 15 is 0 Å². The number of hydrogen-bond donors (Lipinski definition) is 0. The molecule has 3 nitrogen and oxygen atoms in total. The number of nitrogens with zero attached hydrogens (tertiary/aromatic N) is 3. The van der Waals surface area contributed by atoms with Gasteiger partial charge in [-0.1, -0.05) is 115 Å². The maximum Gasteiger partial charge on any atom is 0.252 e. The van der Waals surface area contributed by atoms with Crippen molar-refractivity contribution in [3.63, 3.8) is 0 Å².